The third-order valence-corrected chi connectivity index (χ3v) is 3.52. The lowest BCUT2D eigenvalue weighted by Crippen LogP contribution is -1.93. The maximum Gasteiger partial charge on any atom is 0.126 e. The summed E-state index contributed by atoms with van der Waals surface area (Å²) in [5, 5.41) is 8.02. The number of H-pyrrole nitrogens is 1. The van der Waals surface area contributed by atoms with Crippen LogP contribution in [0.5, 0.6) is 0 Å². The van der Waals surface area contributed by atoms with Gasteiger partial charge in [0.15, 0.2) is 0 Å². The molecule has 0 aliphatic rings. The zero-order valence-electron chi connectivity index (χ0n) is 11.0. The second-order valence-corrected chi connectivity index (χ2v) is 4.78. The molecule has 0 saturated carbocycles. The van der Waals surface area contributed by atoms with Gasteiger partial charge in [-0.3, -0.25) is 5.10 Å². The Labute approximate surface area is 111 Å². The molecule has 0 radical (unpaired) electrons. The highest BCUT2D eigenvalue weighted by atomic mass is 19.1. The van der Waals surface area contributed by atoms with Gasteiger partial charge >= 0.3 is 0 Å². The Morgan fingerprint density at radius 3 is 2.84 bits per heavy atom. The number of hydrogen-bond acceptors (Lipinski definition) is 1. The molecule has 0 bridgehead atoms. The van der Waals surface area contributed by atoms with E-state index in [4.69, 9.17) is 0 Å². The normalized spacial score (nSPS) is 11.1. The van der Waals surface area contributed by atoms with Crippen LogP contribution in [0.2, 0.25) is 0 Å². The number of fused-ring (bicyclic) bond motifs is 1. The highest BCUT2D eigenvalue weighted by Gasteiger charge is 2.09. The standard InChI is InChI=1S/C16H15FN2/c1-3-11-6-10(2)15(17)8-14(11)12-4-5-13-9-18-19-16(13)7-12/h4-9H,3H2,1-2H3,(H,18,19). The first-order chi connectivity index (χ1) is 9.19. The molecule has 19 heavy (non-hydrogen) atoms. The van der Waals surface area contributed by atoms with E-state index in [1.54, 1.807) is 19.2 Å². The molecule has 3 heteroatoms. The number of rotatable bonds is 2. The molecule has 0 atom stereocenters. The van der Waals surface area contributed by atoms with Crippen molar-refractivity contribution in [3.8, 4) is 11.1 Å². The summed E-state index contributed by atoms with van der Waals surface area (Å²) in [6.07, 6.45) is 2.67. The molecule has 2 aromatic carbocycles. The van der Waals surface area contributed by atoms with Crippen molar-refractivity contribution in [2.45, 2.75) is 20.3 Å². The zero-order valence-corrected chi connectivity index (χ0v) is 11.0. The average molecular weight is 254 g/mol. The van der Waals surface area contributed by atoms with Crippen molar-refractivity contribution in [3.05, 3.63) is 53.5 Å². The highest BCUT2D eigenvalue weighted by molar-refractivity contribution is 5.84. The Bertz CT molecular complexity index is 744. The Balaban J connectivity index is 2.22. The maximum atomic E-state index is 13.8. The van der Waals surface area contributed by atoms with Crippen LogP contribution in [0.3, 0.4) is 0 Å². The van der Waals surface area contributed by atoms with Crippen molar-refractivity contribution in [1.29, 1.82) is 0 Å². The van der Waals surface area contributed by atoms with Gasteiger partial charge in [0.1, 0.15) is 5.82 Å². The SMILES string of the molecule is CCc1cc(C)c(F)cc1-c1ccc2cn[nH]c2c1. The number of nitrogens with zero attached hydrogens (tertiary/aromatic N) is 1. The quantitative estimate of drug-likeness (QED) is 0.728. The fraction of sp³-hybridized carbons (Fsp3) is 0.188. The van der Waals surface area contributed by atoms with Crippen LogP contribution in [-0.4, -0.2) is 10.2 Å². The van der Waals surface area contributed by atoms with Crippen molar-refractivity contribution < 1.29 is 4.39 Å². The first-order valence-electron chi connectivity index (χ1n) is 6.41. The van der Waals surface area contributed by atoms with E-state index in [9.17, 15) is 4.39 Å². The summed E-state index contributed by atoms with van der Waals surface area (Å²) >= 11 is 0. The van der Waals surface area contributed by atoms with Gasteiger partial charge in [-0.2, -0.15) is 5.10 Å². The van der Waals surface area contributed by atoms with Gasteiger partial charge in [0.2, 0.25) is 0 Å². The summed E-state index contributed by atoms with van der Waals surface area (Å²) < 4.78 is 13.8. The van der Waals surface area contributed by atoms with Crippen molar-refractivity contribution in [2.75, 3.05) is 0 Å². The molecule has 0 aliphatic carbocycles. The van der Waals surface area contributed by atoms with E-state index in [1.807, 2.05) is 24.3 Å². The van der Waals surface area contributed by atoms with Crippen molar-refractivity contribution >= 4 is 10.9 Å². The van der Waals surface area contributed by atoms with Gasteiger partial charge in [-0.25, -0.2) is 4.39 Å². The number of aromatic amines is 1. The van der Waals surface area contributed by atoms with Gasteiger partial charge in [-0.1, -0.05) is 25.1 Å². The number of aromatic nitrogens is 2. The van der Waals surface area contributed by atoms with E-state index in [-0.39, 0.29) is 5.82 Å². The molecule has 0 aliphatic heterocycles. The van der Waals surface area contributed by atoms with Gasteiger partial charge < -0.3 is 0 Å². The molecule has 0 amide bonds. The molecule has 1 N–H and O–H groups in total. The Morgan fingerprint density at radius 1 is 1.21 bits per heavy atom. The van der Waals surface area contributed by atoms with Crippen LogP contribution in [0, 0.1) is 12.7 Å². The minimum atomic E-state index is -0.156. The summed E-state index contributed by atoms with van der Waals surface area (Å²) in [6, 6.07) is 9.60. The van der Waals surface area contributed by atoms with Crippen LogP contribution in [0.1, 0.15) is 18.1 Å². The molecule has 1 heterocycles. The van der Waals surface area contributed by atoms with Crippen molar-refractivity contribution in [3.63, 3.8) is 0 Å². The number of halogens is 1. The van der Waals surface area contributed by atoms with E-state index in [1.165, 1.54) is 0 Å². The molecule has 0 spiro atoms. The van der Waals surface area contributed by atoms with E-state index in [2.05, 4.69) is 17.1 Å². The summed E-state index contributed by atoms with van der Waals surface area (Å²) in [5.74, 6) is -0.156. The molecule has 2 nitrogen and oxygen atoms in total. The summed E-state index contributed by atoms with van der Waals surface area (Å²) in [5.41, 5.74) is 4.82. The fourth-order valence-electron chi connectivity index (χ4n) is 2.41. The average Bonchev–Trinajstić information content (AvgIpc) is 2.88. The largest absolute Gasteiger partial charge is 0.278 e. The number of hydrogen-bond donors (Lipinski definition) is 1. The molecule has 3 rings (SSSR count). The lowest BCUT2D eigenvalue weighted by Gasteiger charge is -2.10. The van der Waals surface area contributed by atoms with Gasteiger partial charge in [0.25, 0.3) is 0 Å². The van der Waals surface area contributed by atoms with Crippen LogP contribution < -0.4 is 0 Å². The first kappa shape index (κ1) is 11.9. The molecule has 0 unspecified atom stereocenters. The number of nitrogens with one attached hydrogen (secondary N) is 1. The third-order valence-electron chi connectivity index (χ3n) is 3.52. The number of aryl methyl sites for hydroxylation is 2. The smallest absolute Gasteiger partial charge is 0.126 e. The summed E-state index contributed by atoms with van der Waals surface area (Å²) in [4.78, 5) is 0. The van der Waals surface area contributed by atoms with Crippen molar-refractivity contribution in [2.24, 2.45) is 0 Å². The second-order valence-electron chi connectivity index (χ2n) is 4.78. The molecule has 96 valence electrons. The lowest BCUT2D eigenvalue weighted by atomic mass is 9.95. The van der Waals surface area contributed by atoms with Gasteiger partial charge in [0, 0.05) is 5.39 Å². The zero-order chi connectivity index (χ0) is 13.4. The Hall–Kier alpha value is -2.16. The fourth-order valence-corrected chi connectivity index (χ4v) is 2.41. The van der Waals surface area contributed by atoms with Crippen LogP contribution in [0.4, 0.5) is 4.39 Å². The molecule has 0 saturated heterocycles. The predicted octanol–water partition coefficient (Wildman–Crippen LogP) is 4.24. The summed E-state index contributed by atoms with van der Waals surface area (Å²) in [6.45, 7) is 3.89. The highest BCUT2D eigenvalue weighted by Crippen LogP contribution is 2.29. The summed E-state index contributed by atoms with van der Waals surface area (Å²) in [7, 11) is 0. The second kappa shape index (κ2) is 4.50. The minimum absolute atomic E-state index is 0.156. The van der Waals surface area contributed by atoms with Gasteiger partial charge in [-0.05, 0) is 47.7 Å². The molecule has 3 aromatic rings. The first-order valence-corrected chi connectivity index (χ1v) is 6.41. The molecular formula is C16H15FN2. The third kappa shape index (κ3) is 2.01. The Morgan fingerprint density at radius 2 is 2.05 bits per heavy atom. The monoisotopic (exact) mass is 254 g/mol. The minimum Gasteiger partial charge on any atom is -0.278 e. The van der Waals surface area contributed by atoms with Crippen LogP contribution in [0.15, 0.2) is 36.5 Å². The van der Waals surface area contributed by atoms with Crippen LogP contribution in [-0.2, 0) is 6.42 Å². The van der Waals surface area contributed by atoms with E-state index in [0.717, 1.165) is 34.0 Å². The van der Waals surface area contributed by atoms with Gasteiger partial charge in [0.05, 0.1) is 11.7 Å². The van der Waals surface area contributed by atoms with E-state index in [0.29, 0.717) is 5.56 Å². The van der Waals surface area contributed by atoms with Crippen LogP contribution in [0.25, 0.3) is 22.0 Å². The topological polar surface area (TPSA) is 28.7 Å². The van der Waals surface area contributed by atoms with Crippen molar-refractivity contribution in [1.82, 2.24) is 10.2 Å². The molecule has 0 fully saturated rings. The predicted molar refractivity (Wildman–Crippen MR) is 75.6 cm³/mol. The molecular weight excluding hydrogens is 239 g/mol. The Kier molecular flexibility index (Phi) is 2.82. The van der Waals surface area contributed by atoms with Gasteiger partial charge in [-0.15, -0.1) is 0 Å². The van der Waals surface area contributed by atoms with E-state index < -0.39 is 0 Å². The van der Waals surface area contributed by atoms with Crippen LogP contribution >= 0.6 is 0 Å². The molecule has 1 aromatic heterocycles. The lowest BCUT2D eigenvalue weighted by molar-refractivity contribution is 0.618. The van der Waals surface area contributed by atoms with E-state index >= 15 is 0 Å². The number of benzene rings is 2. The maximum absolute atomic E-state index is 13.8.